The molecule has 1 atom stereocenters. The van der Waals surface area contributed by atoms with E-state index in [2.05, 4.69) is 20.9 Å². The molecule has 2 heterocycles. The van der Waals surface area contributed by atoms with Gasteiger partial charge in [0.2, 0.25) is 17.7 Å². The summed E-state index contributed by atoms with van der Waals surface area (Å²) in [7, 11) is 0. The fourth-order valence-electron chi connectivity index (χ4n) is 3.33. The van der Waals surface area contributed by atoms with Crippen molar-refractivity contribution < 1.29 is 14.4 Å². The number of rotatable bonds is 6. The topological polar surface area (TPSA) is 100 Å². The van der Waals surface area contributed by atoms with Crippen LogP contribution in [0.1, 0.15) is 50.6 Å². The van der Waals surface area contributed by atoms with Gasteiger partial charge in [-0.15, -0.1) is 11.3 Å². The summed E-state index contributed by atoms with van der Waals surface area (Å²) in [5, 5.41) is 10.6. The Morgan fingerprint density at radius 3 is 2.76 bits per heavy atom. The van der Waals surface area contributed by atoms with Gasteiger partial charge < -0.3 is 16.0 Å². The Labute approximate surface area is 151 Å². The lowest BCUT2D eigenvalue weighted by molar-refractivity contribution is -0.122. The highest BCUT2D eigenvalue weighted by Crippen LogP contribution is 2.23. The average Bonchev–Trinajstić information content (AvgIpc) is 3.23. The molecular formula is C17H24N4O3S. The number of aromatic nitrogens is 1. The lowest BCUT2D eigenvalue weighted by Crippen LogP contribution is -2.37. The Hall–Kier alpha value is -1.96. The maximum Gasteiger partial charge on any atom is 0.248 e. The van der Waals surface area contributed by atoms with E-state index < -0.39 is 6.04 Å². The molecule has 3 rings (SSSR count). The Balaban J connectivity index is 1.42. The van der Waals surface area contributed by atoms with E-state index in [1.807, 2.05) is 0 Å². The van der Waals surface area contributed by atoms with Gasteiger partial charge in [0, 0.05) is 18.3 Å². The molecule has 0 spiro atoms. The van der Waals surface area contributed by atoms with Gasteiger partial charge in [0.1, 0.15) is 6.04 Å². The van der Waals surface area contributed by atoms with E-state index in [1.54, 1.807) is 5.38 Å². The highest BCUT2D eigenvalue weighted by Gasteiger charge is 2.27. The Morgan fingerprint density at radius 1 is 1.24 bits per heavy atom. The van der Waals surface area contributed by atoms with Crippen LogP contribution in [-0.4, -0.2) is 35.3 Å². The molecule has 3 N–H and O–H groups in total. The molecule has 136 valence electrons. The zero-order valence-electron chi connectivity index (χ0n) is 14.2. The number of nitrogens with zero attached hydrogens (tertiary/aromatic N) is 1. The second-order valence-electron chi connectivity index (χ2n) is 6.78. The number of carbonyl (C=O) groups is 3. The third-order valence-electron chi connectivity index (χ3n) is 4.75. The standard InChI is InChI=1S/C17H24N4O3S/c22-14-7-6-13(20-14)16(24)21-17-19-12(10-25-17)8-15(23)18-9-11-4-2-1-3-5-11/h10-11,13H,1-9H2,(H,18,23)(H,20,22)(H,19,21,24)/t13-/m0/s1. The first kappa shape index (κ1) is 17.8. The van der Waals surface area contributed by atoms with Crippen LogP contribution in [0, 0.1) is 5.92 Å². The molecule has 2 aliphatic rings. The average molecular weight is 364 g/mol. The zero-order chi connectivity index (χ0) is 17.6. The van der Waals surface area contributed by atoms with Crippen LogP contribution in [0.2, 0.25) is 0 Å². The normalized spacial score (nSPS) is 21.0. The van der Waals surface area contributed by atoms with E-state index in [1.165, 1.54) is 43.4 Å². The van der Waals surface area contributed by atoms with Crippen LogP contribution >= 0.6 is 11.3 Å². The lowest BCUT2D eigenvalue weighted by atomic mass is 9.89. The number of nitrogens with one attached hydrogen (secondary N) is 3. The van der Waals surface area contributed by atoms with E-state index in [9.17, 15) is 14.4 Å². The van der Waals surface area contributed by atoms with Crippen LogP contribution in [0.15, 0.2) is 5.38 Å². The summed E-state index contributed by atoms with van der Waals surface area (Å²) < 4.78 is 0. The Bertz CT molecular complexity index is 640. The molecule has 8 heteroatoms. The van der Waals surface area contributed by atoms with Gasteiger partial charge in [-0.2, -0.15) is 0 Å². The first-order valence-electron chi connectivity index (χ1n) is 8.91. The minimum atomic E-state index is -0.487. The SMILES string of the molecule is O=C(Cc1csc(NC(=O)[C@@H]2CCC(=O)N2)n1)NCC1CCCCC1. The Morgan fingerprint density at radius 2 is 2.04 bits per heavy atom. The van der Waals surface area contributed by atoms with Gasteiger partial charge in [-0.1, -0.05) is 19.3 Å². The largest absolute Gasteiger partial charge is 0.355 e. The number of amides is 3. The smallest absolute Gasteiger partial charge is 0.248 e. The third-order valence-corrected chi connectivity index (χ3v) is 5.55. The highest BCUT2D eigenvalue weighted by molar-refractivity contribution is 7.13. The van der Waals surface area contributed by atoms with Crippen molar-refractivity contribution in [1.82, 2.24) is 15.6 Å². The summed E-state index contributed by atoms with van der Waals surface area (Å²) in [5.74, 6) is 0.213. The summed E-state index contributed by atoms with van der Waals surface area (Å²) in [6.07, 6.45) is 7.33. The number of thiazole rings is 1. The predicted molar refractivity (Wildman–Crippen MR) is 95.2 cm³/mol. The Kier molecular flexibility index (Phi) is 6.01. The molecule has 0 unspecified atom stereocenters. The molecule has 1 aliphatic heterocycles. The summed E-state index contributed by atoms with van der Waals surface area (Å²) in [5.41, 5.74) is 0.650. The summed E-state index contributed by atoms with van der Waals surface area (Å²) >= 11 is 1.29. The van der Waals surface area contributed by atoms with E-state index in [0.29, 0.717) is 29.6 Å². The first-order valence-corrected chi connectivity index (χ1v) is 9.79. The van der Waals surface area contributed by atoms with Crippen LogP contribution in [0.3, 0.4) is 0 Å². The van der Waals surface area contributed by atoms with Crippen LogP contribution in [0.4, 0.5) is 5.13 Å². The van der Waals surface area contributed by atoms with Crippen molar-refractivity contribution in [2.45, 2.75) is 57.4 Å². The first-order chi connectivity index (χ1) is 12.1. The van der Waals surface area contributed by atoms with Gasteiger partial charge in [-0.05, 0) is 25.2 Å². The van der Waals surface area contributed by atoms with Crippen LogP contribution in [-0.2, 0) is 20.8 Å². The van der Waals surface area contributed by atoms with Crippen molar-refractivity contribution in [1.29, 1.82) is 0 Å². The van der Waals surface area contributed by atoms with E-state index in [-0.39, 0.29) is 24.1 Å². The lowest BCUT2D eigenvalue weighted by Gasteiger charge is -2.21. The molecule has 25 heavy (non-hydrogen) atoms. The summed E-state index contributed by atoms with van der Waals surface area (Å²) in [4.78, 5) is 39.5. The fourth-order valence-corrected chi connectivity index (χ4v) is 4.04. The molecule has 0 bridgehead atoms. The van der Waals surface area contributed by atoms with Crippen LogP contribution < -0.4 is 16.0 Å². The fraction of sp³-hybridized carbons (Fsp3) is 0.647. The predicted octanol–water partition coefficient (Wildman–Crippen LogP) is 1.60. The van der Waals surface area contributed by atoms with Gasteiger partial charge in [-0.3, -0.25) is 14.4 Å². The monoisotopic (exact) mass is 364 g/mol. The van der Waals surface area contributed by atoms with Gasteiger partial charge >= 0.3 is 0 Å². The van der Waals surface area contributed by atoms with Crippen molar-refractivity contribution in [2.75, 3.05) is 11.9 Å². The molecule has 0 radical (unpaired) electrons. The number of hydrogen-bond donors (Lipinski definition) is 3. The van der Waals surface area contributed by atoms with Crippen LogP contribution in [0.5, 0.6) is 0 Å². The molecule has 1 aromatic heterocycles. The molecule has 1 aromatic rings. The molecular weight excluding hydrogens is 340 g/mol. The van der Waals surface area contributed by atoms with Gasteiger partial charge in [-0.25, -0.2) is 4.98 Å². The number of hydrogen-bond acceptors (Lipinski definition) is 5. The highest BCUT2D eigenvalue weighted by atomic mass is 32.1. The number of anilines is 1. The molecule has 1 saturated carbocycles. The molecule has 3 amide bonds. The molecule has 1 saturated heterocycles. The van der Waals surface area contributed by atoms with Gasteiger partial charge in [0.15, 0.2) is 5.13 Å². The number of carbonyl (C=O) groups excluding carboxylic acids is 3. The zero-order valence-corrected chi connectivity index (χ0v) is 15.0. The van der Waals surface area contributed by atoms with E-state index in [4.69, 9.17) is 0 Å². The van der Waals surface area contributed by atoms with E-state index in [0.717, 1.165) is 6.54 Å². The maximum atomic E-state index is 12.1. The maximum absolute atomic E-state index is 12.1. The molecule has 0 aromatic carbocycles. The second kappa shape index (κ2) is 8.42. The van der Waals surface area contributed by atoms with Crippen molar-refractivity contribution >= 4 is 34.2 Å². The van der Waals surface area contributed by atoms with Crippen molar-refractivity contribution in [2.24, 2.45) is 5.92 Å². The van der Waals surface area contributed by atoms with Gasteiger partial charge in [0.25, 0.3) is 0 Å². The van der Waals surface area contributed by atoms with Crippen molar-refractivity contribution in [3.63, 3.8) is 0 Å². The van der Waals surface area contributed by atoms with Gasteiger partial charge in [0.05, 0.1) is 12.1 Å². The molecule has 2 fully saturated rings. The third kappa shape index (κ3) is 5.26. The molecule has 1 aliphatic carbocycles. The van der Waals surface area contributed by atoms with Crippen molar-refractivity contribution in [3.8, 4) is 0 Å². The minimum absolute atomic E-state index is 0.0307. The molecule has 7 nitrogen and oxygen atoms in total. The second-order valence-corrected chi connectivity index (χ2v) is 7.64. The van der Waals surface area contributed by atoms with Crippen molar-refractivity contribution in [3.05, 3.63) is 11.1 Å². The van der Waals surface area contributed by atoms with E-state index >= 15 is 0 Å². The minimum Gasteiger partial charge on any atom is -0.355 e. The van der Waals surface area contributed by atoms with Crippen LogP contribution in [0.25, 0.3) is 0 Å². The quantitative estimate of drug-likeness (QED) is 0.714. The summed E-state index contributed by atoms with van der Waals surface area (Å²) in [6, 6.07) is -0.487. The summed E-state index contributed by atoms with van der Waals surface area (Å²) in [6.45, 7) is 0.744.